The molecular weight excluding hydrogens is 388 g/mol. The van der Waals surface area contributed by atoms with Crippen molar-refractivity contribution in [2.45, 2.75) is 37.3 Å². The van der Waals surface area contributed by atoms with Crippen LogP contribution in [-0.4, -0.2) is 9.78 Å². The third-order valence-electron chi connectivity index (χ3n) is 3.06. The van der Waals surface area contributed by atoms with Crippen LogP contribution in [0, 0.1) is 0 Å². The Balaban J connectivity index is 2.49. The number of ether oxygens (including phenoxy) is 1. The highest BCUT2D eigenvalue weighted by Gasteiger charge is 2.32. The first-order chi connectivity index (χ1) is 10.9. The summed E-state index contributed by atoms with van der Waals surface area (Å²) in [7, 11) is 0. The SMILES string of the molecule is CC(C)(C)n1nc(Cl)c(Oc2cccc(C(F)(F)F)c2)c1C(Cl)Cl. The first kappa shape index (κ1) is 19.2. The van der Waals surface area contributed by atoms with E-state index in [0.29, 0.717) is 0 Å². The molecule has 24 heavy (non-hydrogen) atoms. The van der Waals surface area contributed by atoms with Crippen LogP contribution in [0.2, 0.25) is 5.15 Å². The van der Waals surface area contributed by atoms with Crippen molar-refractivity contribution in [2.75, 3.05) is 0 Å². The number of alkyl halides is 5. The molecule has 1 aromatic carbocycles. The number of benzene rings is 1. The fourth-order valence-electron chi connectivity index (χ4n) is 2.04. The van der Waals surface area contributed by atoms with Crippen LogP contribution in [0.3, 0.4) is 0 Å². The van der Waals surface area contributed by atoms with Crippen LogP contribution < -0.4 is 4.74 Å². The minimum absolute atomic E-state index is 0.0286. The molecule has 0 fully saturated rings. The Hall–Kier alpha value is -1.11. The molecule has 2 rings (SSSR count). The summed E-state index contributed by atoms with van der Waals surface area (Å²) < 4.78 is 45.5. The van der Waals surface area contributed by atoms with E-state index in [4.69, 9.17) is 39.5 Å². The standard InChI is InChI=1S/C15H14Cl3F3N2O/c1-14(2,3)23-10(12(16)17)11(13(18)22-23)24-9-6-4-5-8(7-9)15(19,20)21/h4-7,12H,1-3H3. The molecule has 0 aliphatic heterocycles. The molecule has 132 valence electrons. The predicted octanol–water partition coefficient (Wildman–Crippen LogP) is 6.58. The van der Waals surface area contributed by atoms with Gasteiger partial charge in [-0.3, -0.25) is 4.68 Å². The van der Waals surface area contributed by atoms with Crippen LogP contribution in [0.4, 0.5) is 13.2 Å². The zero-order chi connectivity index (χ0) is 18.3. The average Bonchev–Trinajstić information content (AvgIpc) is 2.76. The van der Waals surface area contributed by atoms with Crippen LogP contribution >= 0.6 is 34.8 Å². The molecule has 0 saturated carbocycles. The molecule has 0 bridgehead atoms. The highest BCUT2D eigenvalue weighted by atomic mass is 35.5. The first-order valence-corrected chi connectivity index (χ1v) is 8.08. The van der Waals surface area contributed by atoms with E-state index in [0.717, 1.165) is 12.1 Å². The smallest absolute Gasteiger partial charge is 0.416 e. The lowest BCUT2D eigenvalue weighted by atomic mass is 10.1. The quantitative estimate of drug-likeness (QED) is 0.543. The van der Waals surface area contributed by atoms with Gasteiger partial charge in [-0.15, -0.1) is 0 Å². The lowest BCUT2D eigenvalue weighted by molar-refractivity contribution is -0.137. The molecule has 1 heterocycles. The van der Waals surface area contributed by atoms with Crippen molar-refractivity contribution >= 4 is 34.8 Å². The van der Waals surface area contributed by atoms with Gasteiger partial charge in [0.15, 0.2) is 15.7 Å². The Labute approximate surface area is 152 Å². The van der Waals surface area contributed by atoms with E-state index in [-0.39, 0.29) is 22.3 Å². The highest BCUT2D eigenvalue weighted by molar-refractivity contribution is 6.44. The molecule has 0 unspecified atom stereocenters. The third kappa shape index (κ3) is 4.10. The van der Waals surface area contributed by atoms with Crippen molar-refractivity contribution in [3.8, 4) is 11.5 Å². The fraction of sp³-hybridized carbons (Fsp3) is 0.400. The molecule has 0 aliphatic carbocycles. The summed E-state index contributed by atoms with van der Waals surface area (Å²) in [5, 5.41) is 4.10. The maximum atomic E-state index is 12.8. The molecule has 0 atom stereocenters. The molecular formula is C15H14Cl3F3N2O. The molecule has 0 spiro atoms. The Bertz CT molecular complexity index is 737. The Kier molecular flexibility index (Phi) is 5.33. The number of rotatable bonds is 3. The van der Waals surface area contributed by atoms with Gasteiger partial charge in [0, 0.05) is 0 Å². The maximum Gasteiger partial charge on any atom is 0.416 e. The second-order valence-corrected chi connectivity index (χ2v) is 7.47. The van der Waals surface area contributed by atoms with Crippen LogP contribution in [0.25, 0.3) is 0 Å². The molecule has 0 aliphatic rings. The van der Waals surface area contributed by atoms with E-state index in [1.807, 2.05) is 20.8 Å². The summed E-state index contributed by atoms with van der Waals surface area (Å²) in [6.07, 6.45) is -4.48. The van der Waals surface area contributed by atoms with Gasteiger partial charge in [-0.05, 0) is 39.0 Å². The molecule has 9 heteroatoms. The van der Waals surface area contributed by atoms with Crippen molar-refractivity contribution in [3.63, 3.8) is 0 Å². The number of hydrogen-bond donors (Lipinski definition) is 0. The third-order valence-corrected chi connectivity index (χ3v) is 3.72. The van der Waals surface area contributed by atoms with E-state index < -0.39 is 22.1 Å². The first-order valence-electron chi connectivity index (χ1n) is 6.83. The summed E-state index contributed by atoms with van der Waals surface area (Å²) in [5.74, 6) is -0.0173. The lowest BCUT2D eigenvalue weighted by Crippen LogP contribution is -2.25. The minimum Gasteiger partial charge on any atom is -0.452 e. The number of hydrogen-bond acceptors (Lipinski definition) is 2. The normalized spacial score (nSPS) is 12.8. The topological polar surface area (TPSA) is 27.1 Å². The van der Waals surface area contributed by atoms with E-state index >= 15 is 0 Å². The van der Waals surface area contributed by atoms with Gasteiger partial charge in [0.2, 0.25) is 0 Å². The van der Waals surface area contributed by atoms with Crippen molar-refractivity contribution < 1.29 is 17.9 Å². The molecule has 0 amide bonds. The minimum atomic E-state index is -4.48. The predicted molar refractivity (Wildman–Crippen MR) is 88.2 cm³/mol. The molecule has 0 saturated heterocycles. The highest BCUT2D eigenvalue weighted by Crippen LogP contribution is 2.43. The number of aromatic nitrogens is 2. The lowest BCUT2D eigenvalue weighted by Gasteiger charge is -2.23. The summed E-state index contributed by atoms with van der Waals surface area (Å²) >= 11 is 18.1. The van der Waals surface area contributed by atoms with E-state index in [1.54, 1.807) is 0 Å². The van der Waals surface area contributed by atoms with E-state index in [2.05, 4.69) is 5.10 Å². The van der Waals surface area contributed by atoms with Gasteiger partial charge in [-0.25, -0.2) is 0 Å². The van der Waals surface area contributed by atoms with Gasteiger partial charge in [0.25, 0.3) is 0 Å². The Morgan fingerprint density at radius 3 is 2.29 bits per heavy atom. The number of nitrogens with zero attached hydrogens (tertiary/aromatic N) is 2. The van der Waals surface area contributed by atoms with E-state index in [1.165, 1.54) is 16.8 Å². The van der Waals surface area contributed by atoms with E-state index in [9.17, 15) is 13.2 Å². The summed E-state index contributed by atoms with van der Waals surface area (Å²) in [6.45, 7) is 5.55. The van der Waals surface area contributed by atoms with Crippen molar-refractivity contribution in [1.29, 1.82) is 0 Å². The number of halogens is 6. The molecule has 1 aromatic heterocycles. The van der Waals surface area contributed by atoms with Gasteiger partial charge in [-0.2, -0.15) is 18.3 Å². The summed E-state index contributed by atoms with van der Waals surface area (Å²) in [5.41, 5.74) is -1.07. The zero-order valence-corrected chi connectivity index (χ0v) is 15.2. The molecule has 3 nitrogen and oxygen atoms in total. The van der Waals surface area contributed by atoms with Crippen LogP contribution in [0.1, 0.15) is 36.9 Å². The molecule has 0 radical (unpaired) electrons. The van der Waals surface area contributed by atoms with Gasteiger partial charge in [-0.1, -0.05) is 40.9 Å². The largest absolute Gasteiger partial charge is 0.452 e. The average molecular weight is 402 g/mol. The second kappa shape index (κ2) is 6.65. The van der Waals surface area contributed by atoms with Crippen LogP contribution in [0.15, 0.2) is 24.3 Å². The Morgan fingerprint density at radius 1 is 1.17 bits per heavy atom. The molecule has 0 N–H and O–H groups in total. The van der Waals surface area contributed by atoms with Crippen LogP contribution in [-0.2, 0) is 11.7 Å². The van der Waals surface area contributed by atoms with Crippen molar-refractivity contribution in [1.82, 2.24) is 9.78 Å². The molecule has 2 aromatic rings. The summed E-state index contributed by atoms with van der Waals surface area (Å²) in [6, 6.07) is 4.42. The Morgan fingerprint density at radius 2 is 1.79 bits per heavy atom. The maximum absolute atomic E-state index is 12.8. The van der Waals surface area contributed by atoms with Gasteiger partial charge in [0.1, 0.15) is 11.4 Å². The van der Waals surface area contributed by atoms with Crippen molar-refractivity contribution in [2.24, 2.45) is 0 Å². The van der Waals surface area contributed by atoms with Gasteiger partial charge >= 0.3 is 6.18 Å². The van der Waals surface area contributed by atoms with Crippen LogP contribution in [0.5, 0.6) is 11.5 Å². The van der Waals surface area contributed by atoms with Gasteiger partial charge in [0.05, 0.1) is 11.1 Å². The second-order valence-electron chi connectivity index (χ2n) is 6.02. The fourth-order valence-corrected chi connectivity index (χ4v) is 2.63. The summed E-state index contributed by atoms with van der Waals surface area (Å²) in [4.78, 5) is -1.02. The monoisotopic (exact) mass is 400 g/mol. The van der Waals surface area contributed by atoms with Gasteiger partial charge < -0.3 is 4.74 Å². The zero-order valence-electron chi connectivity index (χ0n) is 13.0. The van der Waals surface area contributed by atoms with Crippen molar-refractivity contribution in [3.05, 3.63) is 40.7 Å².